The molecule has 4 heteroatoms. The molecule has 1 amide bonds. The third-order valence-corrected chi connectivity index (χ3v) is 3.89. The highest BCUT2D eigenvalue weighted by molar-refractivity contribution is 5.81. The third-order valence-electron chi connectivity index (χ3n) is 3.89. The Balaban J connectivity index is 2.02. The summed E-state index contributed by atoms with van der Waals surface area (Å²) in [5.74, 6) is 0.265. The van der Waals surface area contributed by atoms with Crippen LogP contribution in [0, 0.1) is 5.82 Å². The van der Waals surface area contributed by atoms with E-state index in [9.17, 15) is 9.18 Å². The SMILES string of the molecule is C[C@H](C(=O)N(C)C)N1CC[C@@H](c2cccc(F)c2)C1. The van der Waals surface area contributed by atoms with Crippen LogP contribution in [-0.4, -0.2) is 48.9 Å². The summed E-state index contributed by atoms with van der Waals surface area (Å²) in [5.41, 5.74) is 1.03. The van der Waals surface area contributed by atoms with Crippen LogP contribution in [0.15, 0.2) is 24.3 Å². The second-order valence-corrected chi connectivity index (χ2v) is 5.44. The molecular weight excluding hydrogens is 243 g/mol. The van der Waals surface area contributed by atoms with Gasteiger partial charge in [0.2, 0.25) is 5.91 Å². The molecule has 0 bridgehead atoms. The van der Waals surface area contributed by atoms with E-state index < -0.39 is 0 Å². The molecular formula is C15H21FN2O. The van der Waals surface area contributed by atoms with E-state index in [0.29, 0.717) is 5.92 Å². The molecule has 2 rings (SSSR count). The van der Waals surface area contributed by atoms with Gasteiger partial charge in [-0.2, -0.15) is 0 Å². The van der Waals surface area contributed by atoms with Gasteiger partial charge >= 0.3 is 0 Å². The van der Waals surface area contributed by atoms with E-state index in [-0.39, 0.29) is 17.8 Å². The molecule has 0 aromatic heterocycles. The lowest BCUT2D eigenvalue weighted by Crippen LogP contribution is -2.43. The zero-order valence-corrected chi connectivity index (χ0v) is 11.8. The highest BCUT2D eigenvalue weighted by Crippen LogP contribution is 2.28. The Hall–Kier alpha value is -1.42. The molecule has 0 spiro atoms. The van der Waals surface area contributed by atoms with E-state index in [1.807, 2.05) is 13.0 Å². The van der Waals surface area contributed by atoms with Gasteiger partial charge in [-0.05, 0) is 43.5 Å². The van der Waals surface area contributed by atoms with Crippen LogP contribution in [0.4, 0.5) is 4.39 Å². The molecule has 1 heterocycles. The molecule has 2 atom stereocenters. The molecule has 1 aromatic rings. The summed E-state index contributed by atoms with van der Waals surface area (Å²) in [6.07, 6.45) is 0.981. The maximum Gasteiger partial charge on any atom is 0.239 e. The smallest absolute Gasteiger partial charge is 0.239 e. The maximum atomic E-state index is 13.2. The molecule has 1 fully saturated rings. The number of nitrogens with zero attached hydrogens (tertiary/aromatic N) is 2. The van der Waals surface area contributed by atoms with Crippen molar-refractivity contribution in [1.82, 2.24) is 9.80 Å². The molecule has 1 saturated heterocycles. The zero-order valence-electron chi connectivity index (χ0n) is 11.8. The summed E-state index contributed by atoms with van der Waals surface area (Å²) in [6, 6.07) is 6.69. The van der Waals surface area contributed by atoms with Crippen LogP contribution in [-0.2, 0) is 4.79 Å². The quantitative estimate of drug-likeness (QED) is 0.834. The lowest BCUT2D eigenvalue weighted by Gasteiger charge is -2.26. The lowest BCUT2D eigenvalue weighted by molar-refractivity contribution is -0.133. The van der Waals surface area contributed by atoms with Gasteiger partial charge in [-0.25, -0.2) is 4.39 Å². The molecule has 1 aliphatic rings. The molecule has 19 heavy (non-hydrogen) atoms. The van der Waals surface area contributed by atoms with Gasteiger partial charge in [0.05, 0.1) is 6.04 Å². The van der Waals surface area contributed by atoms with Gasteiger partial charge in [0.1, 0.15) is 5.82 Å². The largest absolute Gasteiger partial charge is 0.347 e. The van der Waals surface area contributed by atoms with Gasteiger partial charge < -0.3 is 4.90 Å². The van der Waals surface area contributed by atoms with E-state index >= 15 is 0 Å². The summed E-state index contributed by atoms with van der Waals surface area (Å²) in [5, 5.41) is 0. The monoisotopic (exact) mass is 264 g/mol. The lowest BCUT2D eigenvalue weighted by atomic mass is 9.98. The average Bonchev–Trinajstić information content (AvgIpc) is 2.86. The number of likely N-dealkylation sites (tertiary alicyclic amines) is 1. The van der Waals surface area contributed by atoms with Crippen LogP contribution in [0.1, 0.15) is 24.8 Å². The van der Waals surface area contributed by atoms with Crippen molar-refractivity contribution in [3.05, 3.63) is 35.6 Å². The van der Waals surface area contributed by atoms with Gasteiger partial charge in [-0.15, -0.1) is 0 Å². The van der Waals surface area contributed by atoms with Gasteiger partial charge in [0, 0.05) is 20.6 Å². The summed E-state index contributed by atoms with van der Waals surface area (Å²) in [7, 11) is 3.55. The number of halogens is 1. The molecule has 0 radical (unpaired) electrons. The molecule has 1 aliphatic heterocycles. The van der Waals surface area contributed by atoms with E-state index in [0.717, 1.165) is 25.1 Å². The van der Waals surface area contributed by atoms with E-state index in [2.05, 4.69) is 4.90 Å². The van der Waals surface area contributed by atoms with Crippen molar-refractivity contribution < 1.29 is 9.18 Å². The van der Waals surface area contributed by atoms with Crippen LogP contribution in [0.25, 0.3) is 0 Å². The first-order valence-corrected chi connectivity index (χ1v) is 6.69. The maximum absolute atomic E-state index is 13.2. The summed E-state index contributed by atoms with van der Waals surface area (Å²) >= 11 is 0. The normalized spacial score (nSPS) is 21.4. The summed E-state index contributed by atoms with van der Waals surface area (Å²) < 4.78 is 13.2. The number of carbonyl (C=O) groups excluding carboxylic acids is 1. The fourth-order valence-corrected chi connectivity index (χ4v) is 2.70. The van der Waals surface area contributed by atoms with Crippen LogP contribution >= 0.6 is 0 Å². The summed E-state index contributed by atoms with van der Waals surface area (Å²) in [6.45, 7) is 3.66. The Morgan fingerprint density at radius 2 is 2.21 bits per heavy atom. The fraction of sp³-hybridized carbons (Fsp3) is 0.533. The second kappa shape index (κ2) is 5.70. The molecule has 0 aliphatic carbocycles. The third kappa shape index (κ3) is 3.13. The fourth-order valence-electron chi connectivity index (χ4n) is 2.70. The minimum absolute atomic E-state index is 0.103. The van der Waals surface area contributed by atoms with E-state index in [4.69, 9.17) is 0 Å². The summed E-state index contributed by atoms with van der Waals surface area (Å²) in [4.78, 5) is 15.8. The van der Waals surface area contributed by atoms with Crippen molar-refractivity contribution >= 4 is 5.91 Å². The number of hydrogen-bond acceptors (Lipinski definition) is 2. The molecule has 0 saturated carbocycles. The van der Waals surface area contributed by atoms with Crippen molar-refractivity contribution in [2.24, 2.45) is 0 Å². The van der Waals surface area contributed by atoms with Crippen LogP contribution in [0.5, 0.6) is 0 Å². The molecule has 3 nitrogen and oxygen atoms in total. The van der Waals surface area contributed by atoms with Crippen LogP contribution in [0.2, 0.25) is 0 Å². The van der Waals surface area contributed by atoms with Gasteiger partial charge in [0.25, 0.3) is 0 Å². The topological polar surface area (TPSA) is 23.6 Å². The van der Waals surface area contributed by atoms with E-state index in [1.54, 1.807) is 31.1 Å². The van der Waals surface area contributed by atoms with E-state index in [1.165, 1.54) is 6.07 Å². The van der Waals surface area contributed by atoms with Crippen molar-refractivity contribution in [3.63, 3.8) is 0 Å². The van der Waals surface area contributed by atoms with Crippen molar-refractivity contribution in [2.75, 3.05) is 27.2 Å². The number of rotatable bonds is 3. The zero-order chi connectivity index (χ0) is 14.0. The Kier molecular flexibility index (Phi) is 4.20. The Morgan fingerprint density at radius 3 is 2.84 bits per heavy atom. The van der Waals surface area contributed by atoms with Gasteiger partial charge in [-0.1, -0.05) is 12.1 Å². The molecule has 0 unspecified atom stereocenters. The first kappa shape index (κ1) is 14.0. The minimum atomic E-state index is -0.187. The van der Waals surface area contributed by atoms with Crippen molar-refractivity contribution in [2.45, 2.75) is 25.3 Å². The predicted molar refractivity (Wildman–Crippen MR) is 73.5 cm³/mol. The average molecular weight is 264 g/mol. The number of amides is 1. The Labute approximate surface area is 114 Å². The highest BCUT2D eigenvalue weighted by atomic mass is 19.1. The first-order valence-electron chi connectivity index (χ1n) is 6.69. The Morgan fingerprint density at radius 1 is 1.47 bits per heavy atom. The standard InChI is InChI=1S/C15H21FN2O/c1-11(15(19)17(2)3)18-8-7-13(10-18)12-5-4-6-14(16)9-12/h4-6,9,11,13H,7-8,10H2,1-3H3/t11-,13-/m1/s1. The highest BCUT2D eigenvalue weighted by Gasteiger charge is 2.30. The predicted octanol–water partition coefficient (Wildman–Crippen LogP) is 2.09. The van der Waals surface area contributed by atoms with Crippen LogP contribution < -0.4 is 0 Å². The van der Waals surface area contributed by atoms with Crippen LogP contribution in [0.3, 0.4) is 0 Å². The van der Waals surface area contributed by atoms with Gasteiger partial charge in [0.15, 0.2) is 0 Å². The number of carbonyl (C=O) groups is 1. The Bertz CT molecular complexity index is 461. The molecule has 104 valence electrons. The first-order chi connectivity index (χ1) is 8.99. The van der Waals surface area contributed by atoms with Crippen molar-refractivity contribution in [1.29, 1.82) is 0 Å². The number of benzene rings is 1. The minimum Gasteiger partial charge on any atom is -0.347 e. The molecule has 0 N–H and O–H groups in total. The van der Waals surface area contributed by atoms with Gasteiger partial charge in [-0.3, -0.25) is 9.69 Å². The molecule has 1 aromatic carbocycles. The number of hydrogen-bond donors (Lipinski definition) is 0. The second-order valence-electron chi connectivity index (χ2n) is 5.44. The number of likely N-dealkylation sites (N-methyl/N-ethyl adjacent to an activating group) is 1. The van der Waals surface area contributed by atoms with Crippen molar-refractivity contribution in [3.8, 4) is 0 Å².